The maximum absolute atomic E-state index is 8.24. The van der Waals surface area contributed by atoms with Gasteiger partial charge in [-0.15, -0.1) is 11.3 Å². The maximum atomic E-state index is 8.24. The standard InChI is InChI=1S/C26H24NS/c1-15-7-9-21(17(3)10-15)25-26-24(18(4)14-27(25)5)22-12-20-11-16(2)6-8-19(20)13-23(22)28-26/h6-14H,1-5H3/q+1/i1D3,4D3. The molecular formula is C26H24NS+. The Bertz CT molecular complexity index is 1610. The second-order valence-electron chi connectivity index (χ2n) is 7.54. The molecule has 0 saturated carbocycles. The lowest BCUT2D eigenvalue weighted by Gasteiger charge is -2.08. The predicted octanol–water partition coefficient (Wildman–Crippen LogP) is 6.93. The Hall–Kier alpha value is -2.71. The SMILES string of the molecule is [2H]C([2H])([2H])c1ccc(-c2c3sc4cc5ccc(C)cc5cc4c3c(C([2H])([2H])[2H])c[n+]2C)c(C)c1. The molecule has 0 spiro atoms. The summed E-state index contributed by atoms with van der Waals surface area (Å²) < 4.78 is 51.7. The van der Waals surface area contributed by atoms with Crippen molar-refractivity contribution in [2.75, 3.05) is 0 Å². The van der Waals surface area contributed by atoms with Gasteiger partial charge in [0.15, 0.2) is 6.20 Å². The van der Waals surface area contributed by atoms with Crippen LogP contribution in [0.25, 0.3) is 42.2 Å². The molecule has 0 aliphatic heterocycles. The molecule has 0 aliphatic rings. The highest BCUT2D eigenvalue weighted by molar-refractivity contribution is 7.26. The van der Waals surface area contributed by atoms with Gasteiger partial charge in [0.25, 0.3) is 0 Å². The number of thiophene rings is 1. The van der Waals surface area contributed by atoms with Crippen molar-refractivity contribution in [1.82, 2.24) is 0 Å². The van der Waals surface area contributed by atoms with Gasteiger partial charge in [-0.2, -0.15) is 4.57 Å². The number of rotatable bonds is 1. The minimum Gasteiger partial charge on any atom is -0.200 e. The number of pyridine rings is 1. The Morgan fingerprint density at radius 3 is 2.50 bits per heavy atom. The molecule has 28 heavy (non-hydrogen) atoms. The summed E-state index contributed by atoms with van der Waals surface area (Å²) in [5.41, 5.74) is 4.39. The van der Waals surface area contributed by atoms with Crippen LogP contribution in [0.15, 0.2) is 54.7 Å². The van der Waals surface area contributed by atoms with E-state index in [1.54, 1.807) is 29.7 Å². The lowest BCUT2D eigenvalue weighted by molar-refractivity contribution is -0.659. The minimum absolute atomic E-state index is 0.296. The summed E-state index contributed by atoms with van der Waals surface area (Å²) >= 11 is 1.58. The maximum Gasteiger partial charge on any atom is 0.230 e. The van der Waals surface area contributed by atoms with Gasteiger partial charge in [-0.05, 0) is 62.1 Å². The first-order valence-electron chi connectivity index (χ1n) is 12.3. The van der Waals surface area contributed by atoms with E-state index in [4.69, 9.17) is 8.22 Å². The van der Waals surface area contributed by atoms with Gasteiger partial charge in [-0.1, -0.05) is 41.5 Å². The molecule has 0 amide bonds. The molecule has 2 heteroatoms. The summed E-state index contributed by atoms with van der Waals surface area (Å²) in [6, 6.07) is 15.7. The fourth-order valence-corrected chi connectivity index (χ4v) is 5.47. The third-order valence-electron chi connectivity index (χ3n) is 5.44. The molecule has 5 rings (SSSR count). The molecule has 0 fully saturated rings. The molecule has 0 unspecified atom stereocenters. The average molecular weight is 389 g/mol. The number of hydrogen-bond donors (Lipinski definition) is 0. The van der Waals surface area contributed by atoms with E-state index in [2.05, 4.69) is 30.3 Å². The number of nitrogens with zero attached hydrogens (tertiary/aromatic N) is 1. The lowest BCUT2D eigenvalue weighted by atomic mass is 9.98. The van der Waals surface area contributed by atoms with E-state index in [1.165, 1.54) is 0 Å². The number of benzene rings is 3. The lowest BCUT2D eigenvalue weighted by Crippen LogP contribution is -2.31. The van der Waals surface area contributed by atoms with Gasteiger partial charge in [-0.25, -0.2) is 0 Å². The Balaban J connectivity index is 1.91. The van der Waals surface area contributed by atoms with Gasteiger partial charge in [-0.3, -0.25) is 0 Å². The predicted molar refractivity (Wildman–Crippen MR) is 122 cm³/mol. The Kier molecular flexibility index (Phi) is 2.63. The molecule has 0 saturated heterocycles. The van der Waals surface area contributed by atoms with Crippen LogP contribution in [0.2, 0.25) is 0 Å². The van der Waals surface area contributed by atoms with Crippen molar-refractivity contribution < 1.29 is 12.8 Å². The van der Waals surface area contributed by atoms with Crippen molar-refractivity contribution in [2.45, 2.75) is 27.6 Å². The quantitative estimate of drug-likeness (QED) is 0.274. The van der Waals surface area contributed by atoms with Crippen molar-refractivity contribution in [3.05, 3.63) is 77.0 Å². The van der Waals surface area contributed by atoms with Crippen LogP contribution in [-0.4, -0.2) is 0 Å². The summed E-state index contributed by atoms with van der Waals surface area (Å²) in [6.45, 7) is -0.502. The van der Waals surface area contributed by atoms with Gasteiger partial charge in [0, 0.05) is 29.3 Å². The molecule has 2 heterocycles. The summed E-state index contributed by atoms with van der Waals surface area (Å²) in [5, 5.41) is 3.87. The second kappa shape index (κ2) is 6.15. The molecule has 2 aromatic heterocycles. The largest absolute Gasteiger partial charge is 0.230 e. The number of aromatic nitrogens is 1. The van der Waals surface area contributed by atoms with Crippen molar-refractivity contribution in [1.29, 1.82) is 0 Å². The van der Waals surface area contributed by atoms with E-state index < -0.39 is 13.7 Å². The van der Waals surface area contributed by atoms with Crippen molar-refractivity contribution >= 4 is 42.3 Å². The van der Waals surface area contributed by atoms with Crippen LogP contribution in [0.4, 0.5) is 0 Å². The van der Waals surface area contributed by atoms with Gasteiger partial charge in [0.1, 0.15) is 11.7 Å². The first kappa shape index (κ1) is 12.0. The number of hydrogen-bond acceptors (Lipinski definition) is 1. The van der Waals surface area contributed by atoms with Gasteiger partial charge in [0.05, 0.1) is 5.56 Å². The van der Waals surface area contributed by atoms with Crippen LogP contribution in [0.5, 0.6) is 0 Å². The van der Waals surface area contributed by atoms with Crippen LogP contribution in [0.1, 0.15) is 30.5 Å². The van der Waals surface area contributed by atoms with E-state index >= 15 is 0 Å². The highest BCUT2D eigenvalue weighted by Gasteiger charge is 2.22. The summed E-state index contributed by atoms with van der Waals surface area (Å²) in [4.78, 5) is 0. The van der Waals surface area contributed by atoms with Crippen LogP contribution >= 0.6 is 11.3 Å². The normalized spacial score (nSPS) is 15.8. The smallest absolute Gasteiger partial charge is 0.200 e. The Morgan fingerprint density at radius 1 is 0.857 bits per heavy atom. The summed E-state index contributed by atoms with van der Waals surface area (Å²) in [7, 11) is 1.85. The second-order valence-corrected chi connectivity index (χ2v) is 8.59. The van der Waals surface area contributed by atoms with Crippen LogP contribution in [0, 0.1) is 27.6 Å². The topological polar surface area (TPSA) is 3.88 Å². The third kappa shape index (κ3) is 2.56. The van der Waals surface area contributed by atoms with Crippen LogP contribution < -0.4 is 4.57 Å². The average Bonchev–Trinajstić information content (AvgIpc) is 3.08. The van der Waals surface area contributed by atoms with E-state index in [0.717, 1.165) is 53.3 Å². The summed E-state index contributed by atoms with van der Waals surface area (Å²) in [5.74, 6) is 0. The molecule has 0 bridgehead atoms. The minimum atomic E-state index is -2.27. The first-order chi connectivity index (χ1) is 15.8. The first-order valence-corrected chi connectivity index (χ1v) is 10.1. The van der Waals surface area contributed by atoms with Gasteiger partial charge in [0.2, 0.25) is 5.69 Å². The van der Waals surface area contributed by atoms with E-state index in [0.29, 0.717) is 11.1 Å². The zero-order valence-corrected chi connectivity index (χ0v) is 16.9. The molecule has 5 aromatic rings. The Morgan fingerprint density at radius 2 is 1.71 bits per heavy atom. The van der Waals surface area contributed by atoms with Crippen LogP contribution in [0.3, 0.4) is 0 Å². The number of aryl methyl sites for hydroxylation is 5. The molecule has 0 N–H and O–H groups in total. The molecule has 3 aromatic carbocycles. The highest BCUT2D eigenvalue weighted by atomic mass is 32.1. The number of fused-ring (bicyclic) bond motifs is 4. The molecule has 138 valence electrons. The van der Waals surface area contributed by atoms with Gasteiger partial charge < -0.3 is 0 Å². The highest BCUT2D eigenvalue weighted by Crippen LogP contribution is 2.42. The zero-order chi connectivity index (χ0) is 24.6. The van der Waals surface area contributed by atoms with Crippen molar-refractivity contribution in [3.8, 4) is 11.3 Å². The molecule has 0 radical (unpaired) electrons. The molecule has 1 nitrogen and oxygen atoms in total. The van der Waals surface area contributed by atoms with E-state index in [9.17, 15) is 0 Å². The van der Waals surface area contributed by atoms with Crippen molar-refractivity contribution in [3.63, 3.8) is 0 Å². The molecular weight excluding hydrogens is 358 g/mol. The van der Waals surface area contributed by atoms with Crippen molar-refractivity contribution in [2.24, 2.45) is 7.05 Å². The fraction of sp³-hybridized carbons (Fsp3) is 0.192. The van der Waals surface area contributed by atoms with Crippen LogP contribution in [-0.2, 0) is 7.05 Å². The van der Waals surface area contributed by atoms with E-state index in [1.807, 2.05) is 31.5 Å². The third-order valence-corrected chi connectivity index (χ3v) is 6.60. The molecule has 0 atom stereocenters. The zero-order valence-electron chi connectivity index (χ0n) is 22.1. The van der Waals surface area contributed by atoms with E-state index in [-0.39, 0.29) is 0 Å². The summed E-state index contributed by atoms with van der Waals surface area (Å²) in [6.07, 6.45) is 1.70. The Labute approximate surface area is 178 Å². The molecule has 0 aliphatic carbocycles. The fourth-order valence-electron chi connectivity index (χ4n) is 4.12. The van der Waals surface area contributed by atoms with Gasteiger partial charge >= 0.3 is 0 Å². The monoisotopic (exact) mass is 388 g/mol.